The Bertz CT molecular complexity index is 1000. The topological polar surface area (TPSA) is 96.5 Å². The van der Waals surface area contributed by atoms with Gasteiger partial charge in [-0.15, -0.1) is 0 Å². The first-order valence-corrected chi connectivity index (χ1v) is 8.72. The van der Waals surface area contributed by atoms with Crippen LogP contribution in [0.4, 0.5) is 0 Å². The summed E-state index contributed by atoms with van der Waals surface area (Å²) in [6.07, 6.45) is 0.659. The summed E-state index contributed by atoms with van der Waals surface area (Å²) >= 11 is 0. The molecule has 0 unspecified atom stereocenters. The maximum atomic E-state index is 12.7. The van der Waals surface area contributed by atoms with E-state index in [1.807, 2.05) is 24.3 Å². The van der Waals surface area contributed by atoms with Gasteiger partial charge >= 0.3 is 5.97 Å². The van der Waals surface area contributed by atoms with E-state index < -0.39 is 0 Å². The molecule has 0 fully saturated rings. The second kappa shape index (κ2) is 8.03. The number of ether oxygens (including phenoxy) is 2. The van der Waals surface area contributed by atoms with Gasteiger partial charge in [0.25, 0.3) is 5.56 Å². The summed E-state index contributed by atoms with van der Waals surface area (Å²) in [6, 6.07) is 7.37. The van der Waals surface area contributed by atoms with E-state index in [-0.39, 0.29) is 30.0 Å². The van der Waals surface area contributed by atoms with Crippen LogP contribution in [-0.2, 0) is 16.1 Å². The third-order valence-corrected chi connectivity index (χ3v) is 4.18. The summed E-state index contributed by atoms with van der Waals surface area (Å²) in [6.45, 7) is 4.12. The predicted octanol–water partition coefficient (Wildman–Crippen LogP) is 2.71. The highest BCUT2D eigenvalue weighted by Gasteiger charge is 2.19. The minimum atomic E-state index is -0.344. The number of benzene rings is 1. The normalized spacial score (nSPS) is 10.9. The number of hydrogen-bond donors (Lipinski definition) is 0. The molecule has 0 atom stereocenters. The van der Waals surface area contributed by atoms with Crippen molar-refractivity contribution in [3.8, 4) is 17.0 Å². The first kappa shape index (κ1) is 18.6. The van der Waals surface area contributed by atoms with Gasteiger partial charge in [-0.3, -0.25) is 9.59 Å². The SMILES string of the molecule is CCOC(=O)CCCn1nc(-c2ccc(OC)cc2)c2c(C)onc2c1=O. The largest absolute Gasteiger partial charge is 0.497 e. The number of methoxy groups -OCH3 is 1. The van der Waals surface area contributed by atoms with Crippen molar-refractivity contribution < 1.29 is 18.8 Å². The van der Waals surface area contributed by atoms with Crippen molar-refractivity contribution in [2.75, 3.05) is 13.7 Å². The fourth-order valence-electron chi connectivity index (χ4n) is 2.84. The van der Waals surface area contributed by atoms with E-state index in [9.17, 15) is 9.59 Å². The molecule has 1 aromatic carbocycles. The molecule has 2 heterocycles. The van der Waals surface area contributed by atoms with E-state index in [0.717, 1.165) is 11.3 Å². The minimum Gasteiger partial charge on any atom is -0.497 e. The average Bonchev–Trinajstić information content (AvgIpc) is 3.06. The van der Waals surface area contributed by atoms with Crippen molar-refractivity contribution in [1.29, 1.82) is 0 Å². The van der Waals surface area contributed by atoms with E-state index in [1.54, 1.807) is 21.0 Å². The lowest BCUT2D eigenvalue weighted by molar-refractivity contribution is -0.143. The molecule has 0 amide bonds. The molecule has 27 heavy (non-hydrogen) atoms. The van der Waals surface area contributed by atoms with Gasteiger partial charge in [0.05, 0.1) is 19.1 Å². The van der Waals surface area contributed by atoms with Crippen LogP contribution < -0.4 is 10.3 Å². The van der Waals surface area contributed by atoms with Crippen LogP contribution in [0.25, 0.3) is 22.2 Å². The number of aryl methyl sites for hydroxylation is 2. The third kappa shape index (κ3) is 3.84. The van der Waals surface area contributed by atoms with Crippen LogP contribution in [0.5, 0.6) is 5.75 Å². The van der Waals surface area contributed by atoms with Crippen LogP contribution in [0.3, 0.4) is 0 Å². The summed E-state index contributed by atoms with van der Waals surface area (Å²) < 4.78 is 16.7. The maximum absolute atomic E-state index is 12.7. The van der Waals surface area contributed by atoms with Crippen LogP contribution in [-0.4, -0.2) is 34.6 Å². The Morgan fingerprint density at radius 2 is 2.00 bits per heavy atom. The van der Waals surface area contributed by atoms with Gasteiger partial charge < -0.3 is 14.0 Å². The van der Waals surface area contributed by atoms with Crippen LogP contribution >= 0.6 is 0 Å². The number of carbonyl (C=O) groups excluding carboxylic acids is 1. The lowest BCUT2D eigenvalue weighted by Crippen LogP contribution is -2.24. The van der Waals surface area contributed by atoms with Crippen molar-refractivity contribution in [1.82, 2.24) is 14.9 Å². The molecule has 0 N–H and O–H groups in total. The molecule has 142 valence electrons. The Balaban J connectivity index is 1.99. The van der Waals surface area contributed by atoms with Crippen molar-refractivity contribution in [3.05, 3.63) is 40.4 Å². The molecule has 0 aliphatic carbocycles. The molecule has 0 aliphatic heterocycles. The highest BCUT2D eigenvalue weighted by atomic mass is 16.5. The standard InChI is InChI=1S/C19H21N3O5/c1-4-26-15(23)6-5-11-22-19(24)18-16(12(2)27-21-18)17(20-22)13-7-9-14(25-3)10-8-13/h7-10H,4-6,11H2,1-3H3. The van der Waals surface area contributed by atoms with Crippen molar-refractivity contribution in [3.63, 3.8) is 0 Å². The Labute approximate surface area is 155 Å². The molecule has 3 aromatic rings. The number of esters is 1. The molecule has 8 nitrogen and oxygen atoms in total. The monoisotopic (exact) mass is 371 g/mol. The summed E-state index contributed by atoms with van der Waals surface area (Å²) in [5.74, 6) is 0.957. The van der Waals surface area contributed by atoms with E-state index in [1.165, 1.54) is 4.68 Å². The molecule has 0 saturated heterocycles. The Kier molecular flexibility index (Phi) is 5.54. The van der Waals surface area contributed by atoms with Gasteiger partial charge in [-0.1, -0.05) is 5.16 Å². The van der Waals surface area contributed by atoms with Gasteiger partial charge in [0, 0.05) is 18.5 Å². The van der Waals surface area contributed by atoms with Gasteiger partial charge in [0.1, 0.15) is 17.2 Å². The average molecular weight is 371 g/mol. The molecule has 3 rings (SSSR count). The second-order valence-electron chi connectivity index (χ2n) is 5.98. The predicted molar refractivity (Wildman–Crippen MR) is 98.7 cm³/mol. The zero-order valence-electron chi connectivity index (χ0n) is 15.5. The van der Waals surface area contributed by atoms with Crippen LogP contribution in [0.2, 0.25) is 0 Å². The lowest BCUT2D eigenvalue weighted by atomic mass is 10.1. The highest BCUT2D eigenvalue weighted by Crippen LogP contribution is 2.28. The summed E-state index contributed by atoms with van der Waals surface area (Å²) in [5.41, 5.74) is 1.29. The van der Waals surface area contributed by atoms with Crippen LogP contribution in [0.15, 0.2) is 33.6 Å². The molecular formula is C19H21N3O5. The minimum absolute atomic E-state index is 0.218. The number of carbonyl (C=O) groups is 1. The summed E-state index contributed by atoms with van der Waals surface area (Å²) in [5, 5.41) is 9.01. The third-order valence-electron chi connectivity index (χ3n) is 4.18. The number of aromatic nitrogens is 3. The van der Waals surface area contributed by atoms with E-state index in [2.05, 4.69) is 10.3 Å². The van der Waals surface area contributed by atoms with Gasteiger partial charge in [0.2, 0.25) is 0 Å². The molecule has 0 aliphatic rings. The first-order chi connectivity index (χ1) is 13.0. The smallest absolute Gasteiger partial charge is 0.305 e. The number of fused-ring (bicyclic) bond motifs is 1. The van der Waals surface area contributed by atoms with Gasteiger partial charge in [-0.25, -0.2) is 4.68 Å². The molecular weight excluding hydrogens is 350 g/mol. The van der Waals surface area contributed by atoms with Gasteiger partial charge in [-0.05, 0) is 44.5 Å². The fourth-order valence-corrected chi connectivity index (χ4v) is 2.84. The summed E-state index contributed by atoms with van der Waals surface area (Å²) in [4.78, 5) is 24.2. The maximum Gasteiger partial charge on any atom is 0.305 e. The Hall–Kier alpha value is -3.16. The second-order valence-corrected chi connectivity index (χ2v) is 5.98. The van der Waals surface area contributed by atoms with E-state index in [4.69, 9.17) is 14.0 Å². The van der Waals surface area contributed by atoms with E-state index in [0.29, 0.717) is 29.9 Å². The first-order valence-electron chi connectivity index (χ1n) is 8.72. The Morgan fingerprint density at radius 1 is 1.26 bits per heavy atom. The van der Waals surface area contributed by atoms with Gasteiger partial charge in [-0.2, -0.15) is 5.10 Å². The van der Waals surface area contributed by atoms with Crippen LogP contribution in [0, 0.1) is 6.92 Å². The highest BCUT2D eigenvalue weighted by molar-refractivity contribution is 5.93. The molecule has 8 heteroatoms. The van der Waals surface area contributed by atoms with Crippen molar-refractivity contribution in [2.45, 2.75) is 33.2 Å². The fraction of sp³-hybridized carbons (Fsp3) is 0.368. The molecule has 0 radical (unpaired) electrons. The lowest BCUT2D eigenvalue weighted by Gasteiger charge is -2.09. The van der Waals surface area contributed by atoms with E-state index >= 15 is 0 Å². The Morgan fingerprint density at radius 3 is 2.67 bits per heavy atom. The number of hydrogen-bond acceptors (Lipinski definition) is 7. The molecule has 2 aromatic heterocycles. The molecule has 0 saturated carbocycles. The van der Waals surface area contributed by atoms with Gasteiger partial charge in [0.15, 0.2) is 5.52 Å². The quantitative estimate of drug-likeness (QED) is 0.589. The molecule has 0 bridgehead atoms. The van der Waals surface area contributed by atoms with Crippen molar-refractivity contribution in [2.24, 2.45) is 0 Å². The van der Waals surface area contributed by atoms with Crippen LogP contribution in [0.1, 0.15) is 25.5 Å². The zero-order valence-corrected chi connectivity index (χ0v) is 15.5. The molecule has 0 spiro atoms. The number of rotatable bonds is 7. The van der Waals surface area contributed by atoms with Crippen molar-refractivity contribution >= 4 is 16.9 Å². The number of nitrogens with zero attached hydrogens (tertiary/aromatic N) is 3. The summed E-state index contributed by atoms with van der Waals surface area (Å²) in [7, 11) is 1.60. The zero-order chi connectivity index (χ0) is 19.4.